The van der Waals surface area contributed by atoms with E-state index in [1.807, 2.05) is 0 Å². The van der Waals surface area contributed by atoms with Crippen molar-refractivity contribution >= 4 is 11.9 Å². The van der Waals surface area contributed by atoms with Gasteiger partial charge in [-0.1, -0.05) is 19.9 Å². The van der Waals surface area contributed by atoms with Crippen molar-refractivity contribution in [1.29, 1.82) is 0 Å². The van der Waals surface area contributed by atoms with Crippen LogP contribution >= 0.6 is 0 Å². The van der Waals surface area contributed by atoms with Crippen molar-refractivity contribution in [1.82, 2.24) is 4.90 Å². The summed E-state index contributed by atoms with van der Waals surface area (Å²) in [6.45, 7) is 12.1. The molecule has 2 spiro atoms. The average molecular weight is 444 g/mol. The number of fused-ring (bicyclic) bond motifs is 2. The highest BCUT2D eigenvalue weighted by molar-refractivity contribution is 5.67. The van der Waals surface area contributed by atoms with Gasteiger partial charge in [0.2, 0.25) is 0 Å². The molecule has 8 rings (SSSR count). The predicted octanol–water partition coefficient (Wildman–Crippen LogP) is 3.69. The molecule has 0 aromatic heterocycles. The molecule has 8 aliphatic rings. The summed E-state index contributed by atoms with van der Waals surface area (Å²) in [7, 11) is 0. The molecule has 6 nitrogen and oxygen atoms in total. The van der Waals surface area contributed by atoms with Crippen LogP contribution in [0.25, 0.3) is 0 Å². The first kappa shape index (κ1) is 21.2. The number of rotatable bonds is 4. The number of carbonyl (C=O) groups excluding carboxylic acids is 2. The smallest absolute Gasteiger partial charge is 0.303 e. The van der Waals surface area contributed by atoms with Crippen LogP contribution in [0.2, 0.25) is 0 Å². The maximum Gasteiger partial charge on any atom is 0.303 e. The fourth-order valence-corrected chi connectivity index (χ4v) is 9.80. The van der Waals surface area contributed by atoms with Gasteiger partial charge in [0.25, 0.3) is 0 Å². The number of carbonyl (C=O) groups is 2. The van der Waals surface area contributed by atoms with Crippen molar-refractivity contribution in [3.63, 3.8) is 0 Å². The highest BCUT2D eigenvalue weighted by Crippen LogP contribution is 2.78. The Hall–Kier alpha value is -1.40. The van der Waals surface area contributed by atoms with Gasteiger partial charge in [-0.3, -0.25) is 14.5 Å². The fourth-order valence-electron chi connectivity index (χ4n) is 9.80. The quantitative estimate of drug-likeness (QED) is 0.488. The van der Waals surface area contributed by atoms with Crippen molar-refractivity contribution in [2.75, 3.05) is 19.7 Å². The molecule has 0 amide bonds. The van der Waals surface area contributed by atoms with Gasteiger partial charge in [0.1, 0.15) is 18.9 Å². The van der Waals surface area contributed by atoms with Gasteiger partial charge in [0.15, 0.2) is 0 Å². The standard InChI is InChI=1S/C26H37NO5/c1-15-18-6-9-26(22(15)31-17(3)29)20(12-18)25-8-5-7-24(4)14-27(10-11-30-16(2)28)23(25)32-21(26)13-19(24)25/h18-23H,1,5-14H2,2-4H3/t18-,19+,20-,21+,22-,23+,24-,25+,26+/m0/s1. The lowest BCUT2D eigenvalue weighted by Crippen LogP contribution is -2.82. The summed E-state index contributed by atoms with van der Waals surface area (Å²) < 4.78 is 18.4. The highest BCUT2D eigenvalue weighted by Gasteiger charge is 2.79. The van der Waals surface area contributed by atoms with Crippen LogP contribution in [0.5, 0.6) is 0 Å². The molecule has 9 atom stereocenters. The first-order valence-electron chi connectivity index (χ1n) is 12.6. The van der Waals surface area contributed by atoms with E-state index in [1.165, 1.54) is 33.1 Å². The number of esters is 2. The van der Waals surface area contributed by atoms with Crippen LogP contribution < -0.4 is 0 Å². The van der Waals surface area contributed by atoms with Gasteiger partial charge in [-0.15, -0.1) is 0 Å². The van der Waals surface area contributed by atoms with Gasteiger partial charge in [-0.25, -0.2) is 0 Å². The summed E-state index contributed by atoms with van der Waals surface area (Å²) in [6, 6.07) is 0. The fraction of sp³-hybridized carbons (Fsp3) is 0.846. The van der Waals surface area contributed by atoms with Crippen LogP contribution in [0.1, 0.15) is 65.7 Å². The van der Waals surface area contributed by atoms with Crippen LogP contribution in [0.15, 0.2) is 12.2 Å². The Kier molecular flexibility index (Phi) is 4.51. The van der Waals surface area contributed by atoms with Gasteiger partial charge in [0, 0.05) is 37.8 Å². The van der Waals surface area contributed by atoms with Crippen molar-refractivity contribution in [2.45, 2.75) is 84.2 Å². The highest BCUT2D eigenvalue weighted by atomic mass is 16.6. The van der Waals surface area contributed by atoms with Gasteiger partial charge in [0.05, 0.1) is 6.10 Å². The molecule has 3 heterocycles. The van der Waals surface area contributed by atoms with Gasteiger partial charge in [-0.05, 0) is 67.3 Å². The van der Waals surface area contributed by atoms with E-state index in [0.29, 0.717) is 24.4 Å². The minimum Gasteiger partial charge on any atom is -0.465 e. The normalized spacial score (nSPS) is 50.7. The second-order valence-electron chi connectivity index (χ2n) is 11.9. The van der Waals surface area contributed by atoms with Crippen LogP contribution in [0.4, 0.5) is 0 Å². The summed E-state index contributed by atoms with van der Waals surface area (Å²) in [5.74, 6) is 1.18. The largest absolute Gasteiger partial charge is 0.465 e. The topological polar surface area (TPSA) is 65.1 Å². The van der Waals surface area contributed by atoms with E-state index in [1.54, 1.807) is 0 Å². The Morgan fingerprint density at radius 1 is 1.12 bits per heavy atom. The van der Waals surface area contributed by atoms with Crippen molar-refractivity contribution < 1.29 is 23.8 Å². The Morgan fingerprint density at radius 3 is 2.69 bits per heavy atom. The van der Waals surface area contributed by atoms with E-state index < -0.39 is 0 Å². The number of nitrogens with zero attached hydrogens (tertiary/aromatic N) is 1. The summed E-state index contributed by atoms with van der Waals surface area (Å²) in [6.07, 6.45) is 8.13. The van der Waals surface area contributed by atoms with Crippen molar-refractivity contribution in [2.24, 2.45) is 34.0 Å². The van der Waals surface area contributed by atoms with Crippen molar-refractivity contribution in [3.8, 4) is 0 Å². The van der Waals surface area contributed by atoms with Gasteiger partial charge >= 0.3 is 11.9 Å². The van der Waals surface area contributed by atoms with Crippen LogP contribution in [-0.2, 0) is 23.8 Å². The summed E-state index contributed by atoms with van der Waals surface area (Å²) >= 11 is 0. The average Bonchev–Trinajstić information content (AvgIpc) is 2.73. The Morgan fingerprint density at radius 2 is 1.94 bits per heavy atom. The number of hydrogen-bond donors (Lipinski definition) is 0. The number of likely N-dealkylation sites (tertiary alicyclic amines) is 1. The zero-order valence-corrected chi connectivity index (χ0v) is 19.7. The van der Waals surface area contributed by atoms with E-state index in [4.69, 9.17) is 14.2 Å². The van der Waals surface area contributed by atoms with Crippen LogP contribution in [-0.4, -0.2) is 55.0 Å². The third-order valence-electron chi connectivity index (χ3n) is 10.6. The van der Waals surface area contributed by atoms with Crippen LogP contribution in [0.3, 0.4) is 0 Å². The molecular formula is C26H37NO5. The number of ether oxygens (including phenoxy) is 3. The van der Waals surface area contributed by atoms with E-state index in [0.717, 1.165) is 44.3 Å². The molecule has 5 aliphatic carbocycles. The Balaban J connectivity index is 1.42. The lowest BCUT2D eigenvalue weighted by atomic mass is 9.32. The lowest BCUT2D eigenvalue weighted by molar-refractivity contribution is -0.405. The molecule has 3 aliphatic heterocycles. The first-order chi connectivity index (χ1) is 15.2. The maximum atomic E-state index is 12.1. The molecule has 0 N–H and O–H groups in total. The molecular weight excluding hydrogens is 406 g/mol. The zero-order valence-electron chi connectivity index (χ0n) is 19.7. The number of hydrogen-bond acceptors (Lipinski definition) is 6. The lowest BCUT2D eigenvalue weighted by Gasteiger charge is -2.79. The molecule has 176 valence electrons. The summed E-state index contributed by atoms with van der Waals surface area (Å²) in [5.41, 5.74) is 1.36. The second-order valence-corrected chi connectivity index (χ2v) is 11.9. The molecule has 5 saturated carbocycles. The monoisotopic (exact) mass is 443 g/mol. The summed E-state index contributed by atoms with van der Waals surface area (Å²) in [5, 5.41) is 0. The third-order valence-corrected chi connectivity index (χ3v) is 10.6. The number of piperidine rings is 1. The zero-order chi connectivity index (χ0) is 22.5. The molecule has 7 bridgehead atoms. The first-order valence-corrected chi connectivity index (χ1v) is 12.6. The maximum absolute atomic E-state index is 12.1. The molecule has 0 unspecified atom stereocenters. The Labute approximate surface area is 191 Å². The molecule has 0 radical (unpaired) electrons. The molecule has 32 heavy (non-hydrogen) atoms. The molecule has 6 heteroatoms. The molecule has 3 saturated heterocycles. The molecule has 8 fully saturated rings. The minimum absolute atomic E-state index is 0.0800. The van der Waals surface area contributed by atoms with E-state index in [-0.39, 0.29) is 46.6 Å². The third kappa shape index (κ3) is 2.49. The van der Waals surface area contributed by atoms with Crippen molar-refractivity contribution in [3.05, 3.63) is 12.2 Å². The van der Waals surface area contributed by atoms with Crippen LogP contribution in [0, 0.1) is 34.0 Å². The second kappa shape index (κ2) is 6.82. The van der Waals surface area contributed by atoms with Gasteiger partial charge in [-0.2, -0.15) is 0 Å². The Bertz CT molecular complexity index is 872. The van der Waals surface area contributed by atoms with E-state index in [2.05, 4.69) is 18.4 Å². The van der Waals surface area contributed by atoms with Gasteiger partial charge < -0.3 is 14.2 Å². The minimum atomic E-state index is -0.221. The molecule has 0 aromatic carbocycles. The van der Waals surface area contributed by atoms with E-state index in [9.17, 15) is 9.59 Å². The molecule has 0 aromatic rings. The van der Waals surface area contributed by atoms with E-state index >= 15 is 0 Å². The SMILES string of the molecule is C=C1[C@H]2CC[C@]3([C@@H](C2)[C@]24CCC[C@@]5(C)CN(CCOC(C)=O)[C@@H]2O[C@@H]3C[C@H]54)[C@H]1OC(C)=O. The predicted molar refractivity (Wildman–Crippen MR) is 117 cm³/mol. The summed E-state index contributed by atoms with van der Waals surface area (Å²) in [4.78, 5) is 26.0.